The number of hydrogen-bond acceptors (Lipinski definition) is 3. The minimum atomic E-state index is -0.540. The Bertz CT molecular complexity index is 667. The van der Waals surface area contributed by atoms with Crippen molar-refractivity contribution in [2.24, 2.45) is 0 Å². The quantitative estimate of drug-likeness (QED) is 0.800. The third-order valence-corrected chi connectivity index (χ3v) is 7.08. The fraction of sp³-hybridized carbons (Fsp3) is 0.455. The summed E-state index contributed by atoms with van der Waals surface area (Å²) in [6.07, 6.45) is 6.28. The maximum Gasteiger partial charge on any atom is 0.105 e. The van der Waals surface area contributed by atoms with Crippen LogP contribution in [0.2, 0.25) is 0 Å². The fourth-order valence-corrected chi connectivity index (χ4v) is 5.75. The molecule has 4 rings (SSSR count). The van der Waals surface area contributed by atoms with Crippen LogP contribution in [0.4, 0.5) is 0 Å². The summed E-state index contributed by atoms with van der Waals surface area (Å²) >= 11 is 1.94. The molecule has 1 spiro atoms. The fourth-order valence-electron chi connectivity index (χ4n) is 4.32. The highest BCUT2D eigenvalue weighted by Gasteiger charge is 2.51. The molecule has 0 bridgehead atoms. The highest BCUT2D eigenvalue weighted by molar-refractivity contribution is 8.00. The van der Waals surface area contributed by atoms with E-state index in [1.807, 2.05) is 42.1 Å². The van der Waals surface area contributed by atoms with Crippen molar-refractivity contribution < 1.29 is 9.84 Å². The molecule has 1 heterocycles. The Kier molecular flexibility index (Phi) is 5.16. The minimum absolute atomic E-state index is 0.0703. The molecule has 2 aromatic carbocycles. The molecule has 0 amide bonds. The lowest BCUT2D eigenvalue weighted by Crippen LogP contribution is -2.40. The van der Waals surface area contributed by atoms with Gasteiger partial charge in [-0.15, -0.1) is 11.8 Å². The Hall–Kier alpha value is -1.29. The number of thioether (sulfide) groups is 1. The van der Waals surface area contributed by atoms with Gasteiger partial charge in [-0.2, -0.15) is 0 Å². The van der Waals surface area contributed by atoms with Crippen molar-refractivity contribution in [1.29, 1.82) is 0 Å². The number of aliphatic hydroxyl groups excluding tert-OH is 1. The molecule has 1 saturated heterocycles. The maximum atomic E-state index is 10.9. The van der Waals surface area contributed by atoms with Crippen LogP contribution in [-0.2, 0) is 4.74 Å². The van der Waals surface area contributed by atoms with Gasteiger partial charge in [0.05, 0.1) is 11.7 Å². The van der Waals surface area contributed by atoms with Gasteiger partial charge in [0.2, 0.25) is 0 Å². The van der Waals surface area contributed by atoms with E-state index in [2.05, 4.69) is 30.3 Å². The smallest absolute Gasteiger partial charge is 0.105 e. The monoisotopic (exact) mass is 354 g/mol. The number of rotatable bonds is 4. The molecule has 0 radical (unpaired) electrons. The van der Waals surface area contributed by atoms with Crippen molar-refractivity contribution in [1.82, 2.24) is 0 Å². The summed E-state index contributed by atoms with van der Waals surface area (Å²) < 4.78 is 6.62. The SMILES string of the molecule is O[C@@H](c1ccccc1)[C@@H]1C[C@@H](Sc2ccccc2)C2(CCCCC2)O1. The zero-order valence-electron chi connectivity index (χ0n) is 14.5. The van der Waals surface area contributed by atoms with Crippen LogP contribution in [0.5, 0.6) is 0 Å². The average molecular weight is 355 g/mol. The van der Waals surface area contributed by atoms with Gasteiger partial charge in [-0.25, -0.2) is 0 Å². The van der Waals surface area contributed by atoms with E-state index in [1.165, 1.54) is 24.2 Å². The molecule has 1 saturated carbocycles. The van der Waals surface area contributed by atoms with Gasteiger partial charge in [0, 0.05) is 10.1 Å². The summed E-state index contributed by atoms with van der Waals surface area (Å²) in [6.45, 7) is 0. The highest BCUT2D eigenvalue weighted by atomic mass is 32.2. The van der Waals surface area contributed by atoms with E-state index >= 15 is 0 Å². The Morgan fingerprint density at radius 3 is 2.24 bits per heavy atom. The van der Waals surface area contributed by atoms with Crippen molar-refractivity contribution >= 4 is 11.8 Å². The lowest BCUT2D eigenvalue weighted by Gasteiger charge is -2.38. The van der Waals surface area contributed by atoms with Crippen molar-refractivity contribution in [3.05, 3.63) is 66.2 Å². The van der Waals surface area contributed by atoms with Crippen LogP contribution < -0.4 is 0 Å². The van der Waals surface area contributed by atoms with Gasteiger partial charge in [0.1, 0.15) is 6.10 Å². The normalized spacial score (nSPS) is 26.6. The Morgan fingerprint density at radius 1 is 0.920 bits per heavy atom. The van der Waals surface area contributed by atoms with Crippen molar-refractivity contribution in [2.75, 3.05) is 0 Å². The molecule has 0 aromatic heterocycles. The van der Waals surface area contributed by atoms with Gasteiger partial charge in [-0.05, 0) is 37.0 Å². The second kappa shape index (κ2) is 7.53. The third-order valence-electron chi connectivity index (χ3n) is 5.63. The van der Waals surface area contributed by atoms with E-state index in [1.54, 1.807) is 0 Å². The van der Waals surface area contributed by atoms with Gasteiger partial charge >= 0.3 is 0 Å². The molecule has 1 N–H and O–H groups in total. The molecular formula is C22H26O2S. The van der Waals surface area contributed by atoms with E-state index < -0.39 is 6.10 Å². The van der Waals surface area contributed by atoms with Crippen LogP contribution in [0, 0.1) is 0 Å². The van der Waals surface area contributed by atoms with Crippen LogP contribution in [0.3, 0.4) is 0 Å². The van der Waals surface area contributed by atoms with E-state index in [9.17, 15) is 5.11 Å². The average Bonchev–Trinajstić information content (AvgIpc) is 3.01. The molecule has 3 heteroatoms. The molecular weight excluding hydrogens is 328 g/mol. The zero-order chi connectivity index (χ0) is 17.1. The van der Waals surface area contributed by atoms with Gasteiger partial charge in [0.15, 0.2) is 0 Å². The number of hydrogen-bond donors (Lipinski definition) is 1. The molecule has 132 valence electrons. The van der Waals surface area contributed by atoms with E-state index in [0.29, 0.717) is 5.25 Å². The molecule has 0 unspecified atom stereocenters. The Balaban J connectivity index is 1.56. The molecule has 3 atom stereocenters. The van der Waals surface area contributed by atoms with Crippen LogP contribution in [-0.4, -0.2) is 22.1 Å². The number of benzene rings is 2. The number of ether oxygens (including phenoxy) is 1. The molecule has 1 aliphatic heterocycles. The first-order valence-electron chi connectivity index (χ1n) is 9.39. The molecule has 1 aliphatic carbocycles. The summed E-state index contributed by atoms with van der Waals surface area (Å²) in [6, 6.07) is 20.6. The Morgan fingerprint density at radius 2 is 1.56 bits per heavy atom. The maximum absolute atomic E-state index is 10.9. The summed E-state index contributed by atoms with van der Waals surface area (Å²) in [7, 11) is 0. The summed E-state index contributed by atoms with van der Waals surface area (Å²) in [5.74, 6) is 0. The first kappa shape index (κ1) is 17.1. The number of aliphatic hydroxyl groups is 1. The minimum Gasteiger partial charge on any atom is -0.386 e. The van der Waals surface area contributed by atoms with E-state index in [-0.39, 0.29) is 11.7 Å². The standard InChI is InChI=1S/C22H26O2S/c23-21(17-10-4-1-5-11-17)19-16-20(25-18-12-6-2-7-13-18)22(24-19)14-8-3-9-15-22/h1-2,4-7,10-13,19-21,23H,3,8-9,14-16H2/t19-,20+,21-/m0/s1. The van der Waals surface area contributed by atoms with Crippen molar-refractivity contribution in [3.8, 4) is 0 Å². The Labute approximate surface area is 154 Å². The summed E-state index contributed by atoms with van der Waals surface area (Å²) in [5, 5.41) is 11.3. The van der Waals surface area contributed by atoms with Gasteiger partial charge in [-0.1, -0.05) is 67.8 Å². The molecule has 2 aromatic rings. The predicted molar refractivity (Wildman–Crippen MR) is 103 cm³/mol. The topological polar surface area (TPSA) is 29.5 Å². The van der Waals surface area contributed by atoms with Gasteiger partial charge in [-0.3, -0.25) is 0 Å². The van der Waals surface area contributed by atoms with E-state index in [0.717, 1.165) is 24.8 Å². The van der Waals surface area contributed by atoms with Crippen LogP contribution in [0.15, 0.2) is 65.6 Å². The first-order valence-corrected chi connectivity index (χ1v) is 10.3. The molecule has 25 heavy (non-hydrogen) atoms. The van der Waals surface area contributed by atoms with E-state index in [4.69, 9.17) is 4.74 Å². The molecule has 2 nitrogen and oxygen atoms in total. The lowest BCUT2D eigenvalue weighted by molar-refractivity contribution is -0.102. The van der Waals surface area contributed by atoms with Crippen LogP contribution >= 0.6 is 11.8 Å². The van der Waals surface area contributed by atoms with Crippen LogP contribution in [0.1, 0.15) is 50.2 Å². The first-order chi connectivity index (χ1) is 12.3. The van der Waals surface area contributed by atoms with Crippen LogP contribution in [0.25, 0.3) is 0 Å². The van der Waals surface area contributed by atoms with Crippen molar-refractivity contribution in [3.63, 3.8) is 0 Å². The van der Waals surface area contributed by atoms with Crippen molar-refractivity contribution in [2.45, 2.75) is 66.5 Å². The molecule has 2 aliphatic rings. The van der Waals surface area contributed by atoms with Gasteiger partial charge < -0.3 is 9.84 Å². The highest BCUT2D eigenvalue weighted by Crippen LogP contribution is 2.51. The lowest BCUT2D eigenvalue weighted by atomic mass is 9.82. The second-order valence-electron chi connectivity index (χ2n) is 7.29. The third kappa shape index (κ3) is 3.64. The zero-order valence-corrected chi connectivity index (χ0v) is 15.3. The largest absolute Gasteiger partial charge is 0.386 e. The summed E-state index contributed by atoms with van der Waals surface area (Å²) in [4.78, 5) is 1.30. The predicted octanol–water partition coefficient (Wildman–Crippen LogP) is 5.37. The molecule has 2 fully saturated rings. The second-order valence-corrected chi connectivity index (χ2v) is 8.57. The summed E-state index contributed by atoms with van der Waals surface area (Å²) in [5.41, 5.74) is 0.892. The van der Waals surface area contributed by atoms with Gasteiger partial charge in [0.25, 0.3) is 0 Å².